The molecule has 98 valence electrons. The maximum absolute atomic E-state index is 11.7. The molecule has 0 aliphatic heterocycles. The highest BCUT2D eigenvalue weighted by molar-refractivity contribution is 7.80. The Morgan fingerprint density at radius 2 is 2.18 bits per heavy atom. The minimum atomic E-state index is -0.166. The van der Waals surface area contributed by atoms with Crippen molar-refractivity contribution in [2.75, 3.05) is 6.61 Å². The van der Waals surface area contributed by atoms with Crippen molar-refractivity contribution in [3.05, 3.63) is 0 Å². The number of rotatable bonds is 7. The summed E-state index contributed by atoms with van der Waals surface area (Å²) in [4.78, 5) is 12.1. The van der Waals surface area contributed by atoms with E-state index in [4.69, 9.17) is 22.7 Å². The second kappa shape index (κ2) is 6.91. The van der Waals surface area contributed by atoms with Crippen LogP contribution in [0.1, 0.15) is 39.5 Å². The maximum Gasteiger partial charge on any atom is 0.220 e. The van der Waals surface area contributed by atoms with Crippen LogP contribution in [0.5, 0.6) is 0 Å². The Morgan fingerprint density at radius 3 is 2.65 bits per heavy atom. The van der Waals surface area contributed by atoms with Gasteiger partial charge in [0, 0.05) is 13.0 Å². The van der Waals surface area contributed by atoms with E-state index < -0.39 is 0 Å². The Balaban J connectivity index is 2.20. The van der Waals surface area contributed by atoms with Crippen molar-refractivity contribution in [1.82, 2.24) is 5.32 Å². The minimum Gasteiger partial charge on any atom is -0.392 e. The van der Waals surface area contributed by atoms with Crippen molar-refractivity contribution >= 4 is 23.1 Å². The second-order valence-corrected chi connectivity index (χ2v) is 5.02. The van der Waals surface area contributed by atoms with Crippen molar-refractivity contribution in [3.63, 3.8) is 0 Å². The number of nitrogens with one attached hydrogen (secondary N) is 1. The number of carbonyl (C=O) groups excluding carboxylic acids is 1. The fourth-order valence-corrected chi connectivity index (χ4v) is 2.33. The van der Waals surface area contributed by atoms with Gasteiger partial charge in [-0.3, -0.25) is 4.79 Å². The Bertz CT molecular complexity index is 278. The standard InChI is InChI=1S/C12H22N2O2S/c1-3-10(12(13)17)14-11(15)7-8-5-9(6-8)16-4-2/h8-10H,3-7H2,1-2H3,(H2,13,17)(H,14,15). The Kier molecular flexibility index (Phi) is 5.85. The first-order valence-electron chi connectivity index (χ1n) is 6.27. The molecule has 1 aliphatic rings. The molecular weight excluding hydrogens is 236 g/mol. The van der Waals surface area contributed by atoms with Gasteiger partial charge in [0.15, 0.2) is 0 Å². The molecule has 1 atom stereocenters. The van der Waals surface area contributed by atoms with Crippen LogP contribution in [0.15, 0.2) is 0 Å². The van der Waals surface area contributed by atoms with Crippen molar-refractivity contribution in [2.45, 2.75) is 51.7 Å². The van der Waals surface area contributed by atoms with Crippen LogP contribution in [0.3, 0.4) is 0 Å². The van der Waals surface area contributed by atoms with E-state index in [2.05, 4.69) is 5.32 Å². The zero-order chi connectivity index (χ0) is 12.8. The fourth-order valence-electron chi connectivity index (χ4n) is 2.10. The molecule has 0 spiro atoms. The van der Waals surface area contributed by atoms with Crippen LogP contribution in [0.25, 0.3) is 0 Å². The van der Waals surface area contributed by atoms with Crippen LogP contribution in [0.4, 0.5) is 0 Å². The zero-order valence-corrected chi connectivity index (χ0v) is 11.4. The van der Waals surface area contributed by atoms with Gasteiger partial charge >= 0.3 is 0 Å². The molecular formula is C12H22N2O2S. The predicted molar refractivity (Wildman–Crippen MR) is 71.8 cm³/mol. The van der Waals surface area contributed by atoms with Crippen molar-refractivity contribution in [2.24, 2.45) is 11.7 Å². The zero-order valence-electron chi connectivity index (χ0n) is 10.6. The van der Waals surface area contributed by atoms with Gasteiger partial charge in [0.1, 0.15) is 0 Å². The van der Waals surface area contributed by atoms with Gasteiger partial charge in [-0.25, -0.2) is 0 Å². The van der Waals surface area contributed by atoms with Crippen LogP contribution in [-0.4, -0.2) is 29.6 Å². The van der Waals surface area contributed by atoms with Crippen LogP contribution in [-0.2, 0) is 9.53 Å². The van der Waals surface area contributed by atoms with Gasteiger partial charge in [-0.1, -0.05) is 19.1 Å². The van der Waals surface area contributed by atoms with Gasteiger partial charge in [0.25, 0.3) is 0 Å². The third-order valence-corrected chi connectivity index (χ3v) is 3.44. The summed E-state index contributed by atoms with van der Waals surface area (Å²) in [6.45, 7) is 4.70. The molecule has 1 amide bonds. The number of hydrogen-bond donors (Lipinski definition) is 2. The van der Waals surface area contributed by atoms with Gasteiger partial charge in [-0.05, 0) is 32.1 Å². The first kappa shape index (κ1) is 14.4. The van der Waals surface area contributed by atoms with E-state index in [-0.39, 0.29) is 11.9 Å². The number of carbonyl (C=O) groups is 1. The molecule has 0 saturated heterocycles. The molecule has 1 fully saturated rings. The summed E-state index contributed by atoms with van der Waals surface area (Å²) in [5.41, 5.74) is 5.53. The topological polar surface area (TPSA) is 64.3 Å². The first-order valence-corrected chi connectivity index (χ1v) is 6.67. The average Bonchev–Trinajstić information content (AvgIpc) is 2.22. The monoisotopic (exact) mass is 258 g/mol. The van der Waals surface area contributed by atoms with Crippen molar-refractivity contribution < 1.29 is 9.53 Å². The Hall–Kier alpha value is -0.680. The highest BCUT2D eigenvalue weighted by Gasteiger charge is 2.31. The van der Waals surface area contributed by atoms with E-state index in [9.17, 15) is 4.79 Å². The quantitative estimate of drug-likeness (QED) is 0.677. The van der Waals surface area contributed by atoms with Crippen LogP contribution in [0, 0.1) is 5.92 Å². The van der Waals surface area contributed by atoms with Gasteiger partial charge in [-0.2, -0.15) is 0 Å². The summed E-state index contributed by atoms with van der Waals surface area (Å²) in [6.07, 6.45) is 3.64. The molecule has 0 aromatic heterocycles. The lowest BCUT2D eigenvalue weighted by molar-refractivity contribution is -0.124. The highest BCUT2D eigenvalue weighted by Crippen LogP contribution is 2.32. The highest BCUT2D eigenvalue weighted by atomic mass is 32.1. The molecule has 0 radical (unpaired) electrons. The molecule has 17 heavy (non-hydrogen) atoms. The Morgan fingerprint density at radius 1 is 1.53 bits per heavy atom. The molecule has 0 aromatic rings. The number of amides is 1. The molecule has 4 nitrogen and oxygen atoms in total. The van der Waals surface area contributed by atoms with E-state index in [1.54, 1.807) is 0 Å². The number of thiocarbonyl (C=S) groups is 1. The van der Waals surface area contributed by atoms with Gasteiger partial charge in [-0.15, -0.1) is 0 Å². The van der Waals surface area contributed by atoms with Crippen molar-refractivity contribution in [1.29, 1.82) is 0 Å². The average molecular weight is 258 g/mol. The lowest BCUT2D eigenvalue weighted by atomic mass is 9.80. The van der Waals surface area contributed by atoms with E-state index in [0.29, 0.717) is 23.4 Å². The van der Waals surface area contributed by atoms with E-state index >= 15 is 0 Å². The summed E-state index contributed by atoms with van der Waals surface area (Å²) in [7, 11) is 0. The van der Waals surface area contributed by atoms with Gasteiger partial charge in [0.05, 0.1) is 17.1 Å². The third kappa shape index (κ3) is 4.60. The minimum absolute atomic E-state index is 0.0459. The molecule has 0 heterocycles. The number of ether oxygens (including phenoxy) is 1. The summed E-state index contributed by atoms with van der Waals surface area (Å²) in [5, 5.41) is 2.87. The van der Waals surface area contributed by atoms with Gasteiger partial charge < -0.3 is 15.8 Å². The van der Waals surface area contributed by atoms with Gasteiger partial charge in [0.2, 0.25) is 5.91 Å². The molecule has 1 unspecified atom stereocenters. The van der Waals surface area contributed by atoms with Crippen molar-refractivity contribution in [3.8, 4) is 0 Å². The van der Waals surface area contributed by atoms with Crippen LogP contribution in [0.2, 0.25) is 0 Å². The summed E-state index contributed by atoms with van der Waals surface area (Å²) in [5.74, 6) is 0.500. The second-order valence-electron chi connectivity index (χ2n) is 4.55. The molecule has 1 saturated carbocycles. The van der Waals surface area contributed by atoms with E-state index in [1.807, 2.05) is 13.8 Å². The third-order valence-electron chi connectivity index (χ3n) is 3.16. The Labute approximate surface area is 108 Å². The normalized spacial score (nSPS) is 24.8. The van der Waals surface area contributed by atoms with E-state index in [0.717, 1.165) is 25.9 Å². The SMILES string of the molecule is CCOC1CC(CC(=O)NC(CC)C(N)=S)C1. The van der Waals surface area contributed by atoms with Crippen LogP contribution >= 0.6 is 12.2 Å². The molecule has 5 heteroatoms. The summed E-state index contributed by atoms with van der Waals surface area (Å²) in [6, 6.07) is -0.166. The first-order chi connectivity index (χ1) is 8.06. The van der Waals surface area contributed by atoms with Crippen LogP contribution < -0.4 is 11.1 Å². The molecule has 1 aliphatic carbocycles. The lowest BCUT2D eigenvalue weighted by Crippen LogP contribution is -2.44. The number of hydrogen-bond acceptors (Lipinski definition) is 3. The summed E-state index contributed by atoms with van der Waals surface area (Å²) < 4.78 is 5.46. The van der Waals surface area contributed by atoms with E-state index in [1.165, 1.54) is 0 Å². The maximum atomic E-state index is 11.7. The summed E-state index contributed by atoms with van der Waals surface area (Å²) >= 11 is 4.89. The molecule has 1 rings (SSSR count). The molecule has 0 bridgehead atoms. The largest absolute Gasteiger partial charge is 0.392 e. The molecule has 3 N–H and O–H groups in total. The predicted octanol–water partition coefficient (Wildman–Crippen LogP) is 1.37. The smallest absolute Gasteiger partial charge is 0.220 e. The molecule has 0 aromatic carbocycles. The lowest BCUT2D eigenvalue weighted by Gasteiger charge is -2.34. The number of nitrogens with two attached hydrogens (primary N) is 1. The fraction of sp³-hybridized carbons (Fsp3) is 0.833.